The molecular formula is C26H40O9. The monoisotopic (exact) mass is 496 g/mol. The van der Waals surface area contributed by atoms with Crippen LogP contribution in [0.4, 0.5) is 0 Å². The molecule has 9 atom stereocenters. The SMILES string of the molecule is CC(=O)O[C@@]1(C)[C@H](O)C[C@@H](C(C)C)[C@H]2[C@@H]1C(=O)C[C@](C)(OC(C)=O)[C@@H]1CC[C@](C)(OC(C)=O)[C@H]2O1. The van der Waals surface area contributed by atoms with Gasteiger partial charge in [-0.3, -0.25) is 19.2 Å². The number of Topliss-reactive ketones (excluding diaryl/α,β-unsaturated/α-hetero) is 1. The average Bonchev–Trinajstić information content (AvgIpc) is 2.66. The Balaban J connectivity index is 2.25. The second-order valence-electron chi connectivity index (χ2n) is 11.5. The highest BCUT2D eigenvalue weighted by atomic mass is 16.6. The predicted octanol–water partition coefficient (Wildman–Crippen LogP) is 2.74. The summed E-state index contributed by atoms with van der Waals surface area (Å²) in [7, 11) is 0. The topological polar surface area (TPSA) is 125 Å². The Bertz CT molecular complexity index is 884. The minimum atomic E-state index is -1.53. The lowest BCUT2D eigenvalue weighted by Crippen LogP contribution is -2.70. The molecule has 9 heteroatoms. The van der Waals surface area contributed by atoms with Crippen LogP contribution < -0.4 is 0 Å². The molecule has 3 rings (SSSR count). The van der Waals surface area contributed by atoms with Gasteiger partial charge in [-0.05, 0) is 51.9 Å². The highest BCUT2D eigenvalue weighted by molar-refractivity contribution is 5.85. The second kappa shape index (κ2) is 9.47. The molecule has 0 aromatic carbocycles. The van der Waals surface area contributed by atoms with Gasteiger partial charge in [0.15, 0.2) is 0 Å². The molecule has 3 fully saturated rings. The lowest BCUT2D eigenvalue weighted by molar-refractivity contribution is -0.280. The smallest absolute Gasteiger partial charge is 0.303 e. The summed E-state index contributed by atoms with van der Waals surface area (Å²) in [6.45, 7) is 12.9. The van der Waals surface area contributed by atoms with Gasteiger partial charge >= 0.3 is 17.9 Å². The number of carbonyl (C=O) groups is 4. The molecule has 1 aliphatic carbocycles. The van der Waals surface area contributed by atoms with Gasteiger partial charge in [-0.1, -0.05) is 13.8 Å². The van der Waals surface area contributed by atoms with Crippen molar-refractivity contribution in [1.82, 2.24) is 0 Å². The van der Waals surface area contributed by atoms with Gasteiger partial charge in [-0.25, -0.2) is 0 Å². The Labute approximate surface area is 207 Å². The van der Waals surface area contributed by atoms with E-state index >= 15 is 0 Å². The molecule has 1 N–H and O–H groups in total. The van der Waals surface area contributed by atoms with Crippen molar-refractivity contribution in [3.8, 4) is 0 Å². The first-order valence-electron chi connectivity index (χ1n) is 12.5. The number of rotatable bonds is 4. The van der Waals surface area contributed by atoms with Crippen molar-refractivity contribution in [3.63, 3.8) is 0 Å². The van der Waals surface area contributed by atoms with Crippen molar-refractivity contribution >= 4 is 23.7 Å². The first kappa shape index (κ1) is 27.6. The molecule has 2 aliphatic heterocycles. The quantitative estimate of drug-likeness (QED) is 0.462. The number of aliphatic hydroxyl groups is 1. The molecular weight excluding hydrogens is 456 g/mol. The molecule has 0 spiro atoms. The third-order valence-electron chi connectivity index (χ3n) is 8.35. The number of fused-ring (bicyclic) bond motifs is 4. The number of carbonyl (C=O) groups excluding carboxylic acids is 4. The molecule has 35 heavy (non-hydrogen) atoms. The Hall–Kier alpha value is -2.00. The van der Waals surface area contributed by atoms with Gasteiger partial charge in [0.2, 0.25) is 0 Å². The van der Waals surface area contributed by atoms with Crippen LogP contribution in [0.5, 0.6) is 0 Å². The Morgan fingerprint density at radius 3 is 2.03 bits per heavy atom. The first-order valence-corrected chi connectivity index (χ1v) is 12.5. The molecule has 0 amide bonds. The molecule has 1 saturated carbocycles. The van der Waals surface area contributed by atoms with Crippen molar-refractivity contribution in [3.05, 3.63) is 0 Å². The van der Waals surface area contributed by atoms with Crippen molar-refractivity contribution in [2.75, 3.05) is 0 Å². The van der Waals surface area contributed by atoms with Gasteiger partial charge in [0.25, 0.3) is 0 Å². The van der Waals surface area contributed by atoms with E-state index in [1.807, 2.05) is 13.8 Å². The Morgan fingerprint density at radius 1 is 0.971 bits per heavy atom. The fourth-order valence-corrected chi connectivity index (χ4v) is 6.91. The minimum Gasteiger partial charge on any atom is -0.457 e. The summed E-state index contributed by atoms with van der Waals surface area (Å²) >= 11 is 0. The summed E-state index contributed by atoms with van der Waals surface area (Å²) in [6, 6.07) is 0. The molecule has 2 saturated heterocycles. The zero-order valence-corrected chi connectivity index (χ0v) is 22.1. The number of hydrogen-bond donors (Lipinski definition) is 1. The maximum Gasteiger partial charge on any atom is 0.303 e. The van der Waals surface area contributed by atoms with Crippen molar-refractivity contribution in [1.29, 1.82) is 0 Å². The summed E-state index contributed by atoms with van der Waals surface area (Å²) < 4.78 is 23.9. The number of ketones is 1. The molecule has 3 aliphatic rings. The van der Waals surface area contributed by atoms with Gasteiger partial charge in [0, 0.05) is 33.1 Å². The van der Waals surface area contributed by atoms with E-state index in [1.54, 1.807) is 20.8 Å². The van der Waals surface area contributed by atoms with Crippen LogP contribution in [0.1, 0.15) is 81.1 Å². The zero-order valence-electron chi connectivity index (χ0n) is 22.1. The van der Waals surface area contributed by atoms with E-state index in [4.69, 9.17) is 18.9 Å². The van der Waals surface area contributed by atoms with Crippen LogP contribution in [0.2, 0.25) is 0 Å². The van der Waals surface area contributed by atoms with E-state index < -0.39 is 64.9 Å². The number of ether oxygens (including phenoxy) is 4. The van der Waals surface area contributed by atoms with Gasteiger partial charge in [-0.2, -0.15) is 0 Å². The lowest BCUT2D eigenvalue weighted by Gasteiger charge is -2.60. The van der Waals surface area contributed by atoms with Crippen molar-refractivity contribution in [2.45, 2.75) is 116 Å². The fourth-order valence-electron chi connectivity index (χ4n) is 6.91. The van der Waals surface area contributed by atoms with Crippen LogP contribution in [0, 0.1) is 23.7 Å². The van der Waals surface area contributed by atoms with E-state index in [2.05, 4.69) is 0 Å². The number of aliphatic hydroxyl groups excluding tert-OH is 1. The van der Waals surface area contributed by atoms with Crippen LogP contribution >= 0.6 is 0 Å². The maximum absolute atomic E-state index is 14.1. The Kier molecular flexibility index (Phi) is 7.46. The molecule has 0 aromatic heterocycles. The van der Waals surface area contributed by atoms with Crippen molar-refractivity contribution in [2.24, 2.45) is 23.7 Å². The molecule has 0 aromatic rings. The fraction of sp³-hybridized carbons (Fsp3) is 0.846. The van der Waals surface area contributed by atoms with Crippen LogP contribution in [-0.4, -0.2) is 63.9 Å². The van der Waals surface area contributed by atoms with Gasteiger partial charge in [0.1, 0.15) is 28.7 Å². The summed E-state index contributed by atoms with van der Waals surface area (Å²) in [5.41, 5.74) is -3.86. The van der Waals surface area contributed by atoms with Crippen LogP contribution in [0.25, 0.3) is 0 Å². The van der Waals surface area contributed by atoms with E-state index in [1.165, 1.54) is 20.8 Å². The summed E-state index contributed by atoms with van der Waals surface area (Å²) in [6.07, 6.45) is -1.43. The van der Waals surface area contributed by atoms with E-state index in [9.17, 15) is 24.3 Å². The summed E-state index contributed by atoms with van der Waals surface area (Å²) in [5.74, 6) is -3.51. The van der Waals surface area contributed by atoms with Crippen LogP contribution in [0.3, 0.4) is 0 Å². The molecule has 198 valence electrons. The second-order valence-corrected chi connectivity index (χ2v) is 11.5. The summed E-state index contributed by atoms with van der Waals surface area (Å²) in [4.78, 5) is 50.5. The Morgan fingerprint density at radius 2 is 1.51 bits per heavy atom. The largest absolute Gasteiger partial charge is 0.457 e. The normalized spacial score (nSPS) is 43.4. The van der Waals surface area contributed by atoms with E-state index in [0.29, 0.717) is 12.8 Å². The highest BCUT2D eigenvalue weighted by Crippen LogP contribution is 2.55. The number of hydrogen-bond acceptors (Lipinski definition) is 9. The standard InChI is InChI=1S/C26H40O9/c1-13(2)17-11-19(31)26(8,35-16(5)29)22-18(30)12-25(7,34-15(4)28)20-9-10-24(6,33-14(3)27)23(32-20)21(17)22/h13,17,19-23,31H,9-12H2,1-8H3/t17-,19+,20-,21-,22-,23-,24-,25-,26-/m0/s1. The van der Waals surface area contributed by atoms with Gasteiger partial charge in [-0.15, -0.1) is 0 Å². The van der Waals surface area contributed by atoms with E-state index in [0.717, 1.165) is 0 Å². The third kappa shape index (κ3) is 4.99. The average molecular weight is 497 g/mol. The maximum atomic E-state index is 14.1. The molecule has 0 radical (unpaired) electrons. The zero-order chi connectivity index (χ0) is 26.5. The third-order valence-corrected chi connectivity index (χ3v) is 8.35. The van der Waals surface area contributed by atoms with Gasteiger partial charge in [0.05, 0.1) is 18.1 Å². The van der Waals surface area contributed by atoms with Crippen LogP contribution in [0.15, 0.2) is 0 Å². The summed E-state index contributed by atoms with van der Waals surface area (Å²) in [5, 5.41) is 11.3. The molecule has 2 heterocycles. The minimum absolute atomic E-state index is 0.0525. The van der Waals surface area contributed by atoms with E-state index in [-0.39, 0.29) is 30.5 Å². The molecule has 2 bridgehead atoms. The predicted molar refractivity (Wildman–Crippen MR) is 124 cm³/mol. The molecule has 9 nitrogen and oxygen atoms in total. The van der Waals surface area contributed by atoms with Crippen LogP contribution in [-0.2, 0) is 38.1 Å². The number of esters is 3. The lowest BCUT2D eigenvalue weighted by atomic mass is 9.54. The van der Waals surface area contributed by atoms with Gasteiger partial charge < -0.3 is 24.1 Å². The molecule has 0 unspecified atom stereocenters. The van der Waals surface area contributed by atoms with Crippen molar-refractivity contribution < 1.29 is 43.2 Å². The first-order chi connectivity index (χ1) is 16.0. The highest BCUT2D eigenvalue weighted by Gasteiger charge is 2.66.